The third-order valence-electron chi connectivity index (χ3n) is 3.72. The van der Waals surface area contributed by atoms with Crippen molar-refractivity contribution in [1.82, 2.24) is 10.2 Å². The summed E-state index contributed by atoms with van der Waals surface area (Å²) in [5.41, 5.74) is 0.467. The van der Waals surface area contributed by atoms with Gasteiger partial charge in [0.1, 0.15) is 5.60 Å². The third kappa shape index (κ3) is 5.32. The van der Waals surface area contributed by atoms with Crippen molar-refractivity contribution >= 4 is 12.0 Å². The second-order valence-electron chi connectivity index (χ2n) is 6.99. The maximum Gasteiger partial charge on any atom is 0.416 e. The molecule has 1 aliphatic rings. The number of hydrogen-bond donors (Lipinski definition) is 1. The number of nitrogens with one attached hydrogen (secondary N) is 1. The fourth-order valence-electron chi connectivity index (χ4n) is 2.46. The van der Waals surface area contributed by atoms with E-state index in [0.29, 0.717) is 19.6 Å². The molecule has 0 aliphatic carbocycles. The molecule has 1 fully saturated rings. The average Bonchev–Trinajstić information content (AvgIpc) is 3.00. The van der Waals surface area contributed by atoms with E-state index in [2.05, 4.69) is 5.32 Å². The van der Waals surface area contributed by atoms with Crippen molar-refractivity contribution in [1.29, 1.82) is 0 Å². The van der Waals surface area contributed by atoms with Crippen LogP contribution < -0.4 is 5.32 Å². The van der Waals surface area contributed by atoms with Gasteiger partial charge in [-0.3, -0.25) is 4.79 Å². The van der Waals surface area contributed by atoms with Crippen LogP contribution in [-0.2, 0) is 20.9 Å². The predicted molar refractivity (Wildman–Crippen MR) is 90.4 cm³/mol. The molecule has 1 aromatic rings. The molecule has 24 heavy (non-hydrogen) atoms. The maximum absolute atomic E-state index is 12.4. The predicted octanol–water partition coefficient (Wildman–Crippen LogP) is 2.33. The standard InChI is InChI=1S/C18H26N2O4/c1-18(2,3)24-17(22)20(4)16(21)15-10-14(11-19-15)23-12-13-8-6-5-7-9-13/h5-9,14-15,19H,10-12H2,1-4H3/t14-,15+/m1/s1. The van der Waals surface area contributed by atoms with Crippen LogP contribution in [0.3, 0.4) is 0 Å². The highest BCUT2D eigenvalue weighted by atomic mass is 16.6. The van der Waals surface area contributed by atoms with Crippen LogP contribution in [0.1, 0.15) is 32.8 Å². The van der Waals surface area contributed by atoms with Crippen LogP contribution >= 0.6 is 0 Å². The minimum absolute atomic E-state index is 0.0498. The van der Waals surface area contributed by atoms with Gasteiger partial charge < -0.3 is 14.8 Å². The van der Waals surface area contributed by atoms with Crippen molar-refractivity contribution in [2.75, 3.05) is 13.6 Å². The lowest BCUT2D eigenvalue weighted by Crippen LogP contribution is -2.46. The van der Waals surface area contributed by atoms with Crippen molar-refractivity contribution in [3.8, 4) is 0 Å². The zero-order valence-corrected chi connectivity index (χ0v) is 14.7. The summed E-state index contributed by atoms with van der Waals surface area (Å²) < 4.78 is 11.1. The topological polar surface area (TPSA) is 67.9 Å². The van der Waals surface area contributed by atoms with E-state index < -0.39 is 17.7 Å². The number of amides is 2. The van der Waals surface area contributed by atoms with E-state index in [-0.39, 0.29) is 12.0 Å². The van der Waals surface area contributed by atoms with Gasteiger partial charge in [-0.1, -0.05) is 30.3 Å². The molecule has 6 nitrogen and oxygen atoms in total. The van der Waals surface area contributed by atoms with Crippen molar-refractivity contribution in [2.24, 2.45) is 0 Å². The fourth-order valence-corrected chi connectivity index (χ4v) is 2.46. The van der Waals surface area contributed by atoms with E-state index in [4.69, 9.17) is 9.47 Å². The summed E-state index contributed by atoms with van der Waals surface area (Å²) in [7, 11) is 1.44. The molecule has 132 valence electrons. The highest BCUT2D eigenvalue weighted by molar-refractivity contribution is 5.95. The number of hydrogen-bond acceptors (Lipinski definition) is 5. The van der Waals surface area contributed by atoms with Crippen molar-refractivity contribution in [3.63, 3.8) is 0 Å². The SMILES string of the molecule is CN(C(=O)OC(C)(C)C)C(=O)[C@@H]1C[C@@H](OCc2ccccc2)CN1. The molecular formula is C18H26N2O4. The van der Waals surface area contributed by atoms with Gasteiger partial charge in [-0.2, -0.15) is 0 Å². The largest absolute Gasteiger partial charge is 0.443 e. The van der Waals surface area contributed by atoms with Crippen molar-refractivity contribution < 1.29 is 19.1 Å². The first-order valence-electron chi connectivity index (χ1n) is 8.16. The normalized spacial score (nSPS) is 20.7. The van der Waals surface area contributed by atoms with E-state index in [0.717, 1.165) is 10.5 Å². The summed E-state index contributed by atoms with van der Waals surface area (Å²) in [6.07, 6.45) is -0.145. The van der Waals surface area contributed by atoms with Crippen molar-refractivity contribution in [3.05, 3.63) is 35.9 Å². The minimum Gasteiger partial charge on any atom is -0.443 e. The average molecular weight is 334 g/mol. The van der Waals surface area contributed by atoms with Gasteiger partial charge in [0, 0.05) is 13.6 Å². The molecule has 1 saturated heterocycles. The second-order valence-corrected chi connectivity index (χ2v) is 6.99. The Morgan fingerprint density at radius 2 is 1.92 bits per heavy atom. The van der Waals surface area contributed by atoms with E-state index in [1.54, 1.807) is 20.8 Å². The molecule has 0 radical (unpaired) electrons. The number of likely N-dealkylation sites (N-methyl/N-ethyl adjacent to an activating group) is 1. The van der Waals surface area contributed by atoms with Gasteiger partial charge in [-0.05, 0) is 32.8 Å². The molecule has 0 aromatic heterocycles. The van der Waals surface area contributed by atoms with Gasteiger partial charge in [0.15, 0.2) is 0 Å². The molecular weight excluding hydrogens is 308 g/mol. The van der Waals surface area contributed by atoms with Gasteiger partial charge in [0.2, 0.25) is 5.91 Å². The van der Waals surface area contributed by atoms with Gasteiger partial charge in [0.05, 0.1) is 18.8 Å². The molecule has 6 heteroatoms. The second kappa shape index (κ2) is 7.77. The molecule has 1 N–H and O–H groups in total. The molecule has 0 saturated carbocycles. The van der Waals surface area contributed by atoms with E-state index in [1.165, 1.54) is 7.05 Å². The third-order valence-corrected chi connectivity index (χ3v) is 3.72. The fraction of sp³-hybridized carbons (Fsp3) is 0.556. The molecule has 1 aromatic carbocycles. The Balaban J connectivity index is 1.81. The smallest absolute Gasteiger partial charge is 0.416 e. The first-order valence-corrected chi connectivity index (χ1v) is 8.16. The number of rotatable bonds is 4. The van der Waals surface area contributed by atoms with Crippen LogP contribution in [-0.4, -0.2) is 48.2 Å². The van der Waals surface area contributed by atoms with Crippen LogP contribution in [0.4, 0.5) is 4.79 Å². The van der Waals surface area contributed by atoms with Crippen LogP contribution in [0, 0.1) is 0 Å². The van der Waals surface area contributed by atoms with Gasteiger partial charge in [-0.15, -0.1) is 0 Å². The van der Waals surface area contributed by atoms with Gasteiger partial charge in [0.25, 0.3) is 0 Å². The zero-order valence-electron chi connectivity index (χ0n) is 14.7. The molecule has 0 bridgehead atoms. The first kappa shape index (κ1) is 18.4. The number of nitrogens with zero attached hydrogens (tertiary/aromatic N) is 1. The number of carbonyl (C=O) groups is 2. The summed E-state index contributed by atoms with van der Waals surface area (Å²) in [5, 5.41) is 3.12. The maximum atomic E-state index is 12.4. The summed E-state index contributed by atoms with van der Waals surface area (Å²) in [6.45, 7) is 6.40. The van der Waals surface area contributed by atoms with Crippen LogP contribution in [0.15, 0.2) is 30.3 Å². The van der Waals surface area contributed by atoms with E-state index in [9.17, 15) is 9.59 Å². The Morgan fingerprint density at radius 1 is 1.25 bits per heavy atom. The lowest BCUT2D eigenvalue weighted by Gasteiger charge is -2.25. The Labute approximate surface area is 143 Å². The molecule has 2 rings (SSSR count). The number of carbonyl (C=O) groups excluding carboxylic acids is 2. The highest BCUT2D eigenvalue weighted by Crippen LogP contribution is 2.16. The van der Waals surface area contributed by atoms with Gasteiger partial charge in [-0.25, -0.2) is 9.69 Å². The number of imide groups is 1. The Hall–Kier alpha value is -1.92. The molecule has 1 heterocycles. The minimum atomic E-state index is -0.636. The summed E-state index contributed by atoms with van der Waals surface area (Å²) in [5.74, 6) is -0.296. The Kier molecular flexibility index (Phi) is 5.96. The van der Waals surface area contributed by atoms with E-state index >= 15 is 0 Å². The monoisotopic (exact) mass is 334 g/mol. The lowest BCUT2D eigenvalue weighted by atomic mass is 10.1. The molecule has 1 aliphatic heterocycles. The van der Waals surface area contributed by atoms with Gasteiger partial charge >= 0.3 is 6.09 Å². The van der Waals surface area contributed by atoms with Crippen molar-refractivity contribution in [2.45, 2.75) is 51.5 Å². The summed E-state index contributed by atoms with van der Waals surface area (Å²) in [6, 6.07) is 9.47. The summed E-state index contributed by atoms with van der Waals surface area (Å²) >= 11 is 0. The molecule has 2 amide bonds. The number of ether oxygens (including phenoxy) is 2. The van der Waals surface area contributed by atoms with Crippen LogP contribution in [0.2, 0.25) is 0 Å². The number of benzene rings is 1. The first-order chi connectivity index (χ1) is 11.3. The lowest BCUT2D eigenvalue weighted by molar-refractivity contribution is -0.131. The van der Waals surface area contributed by atoms with E-state index in [1.807, 2.05) is 30.3 Å². The summed E-state index contributed by atoms with van der Waals surface area (Å²) in [4.78, 5) is 25.4. The van der Waals surface area contributed by atoms with Crippen LogP contribution in [0.25, 0.3) is 0 Å². The zero-order chi connectivity index (χ0) is 17.7. The quantitative estimate of drug-likeness (QED) is 0.915. The highest BCUT2D eigenvalue weighted by Gasteiger charge is 2.35. The van der Waals surface area contributed by atoms with Crippen LogP contribution in [0.5, 0.6) is 0 Å². The molecule has 0 unspecified atom stereocenters. The molecule has 0 spiro atoms. The molecule has 2 atom stereocenters. The Bertz CT molecular complexity index is 568. The Morgan fingerprint density at radius 3 is 2.54 bits per heavy atom.